The van der Waals surface area contributed by atoms with Crippen molar-refractivity contribution in [1.82, 2.24) is 4.90 Å². The van der Waals surface area contributed by atoms with Crippen molar-refractivity contribution in [1.29, 1.82) is 0 Å². The number of sulfone groups is 1. The van der Waals surface area contributed by atoms with Crippen LogP contribution >= 0.6 is 0 Å². The highest BCUT2D eigenvalue weighted by Crippen LogP contribution is 2.24. The van der Waals surface area contributed by atoms with Crippen molar-refractivity contribution in [3.63, 3.8) is 0 Å². The van der Waals surface area contributed by atoms with Gasteiger partial charge in [-0.15, -0.1) is 0 Å². The predicted octanol–water partition coefficient (Wildman–Crippen LogP) is 2.12. The molecule has 1 fully saturated rings. The third kappa shape index (κ3) is 4.65. The van der Waals surface area contributed by atoms with Gasteiger partial charge < -0.3 is 15.0 Å². The first-order valence-corrected chi connectivity index (χ1v) is 9.26. The maximum absolute atomic E-state index is 13.8. The molecule has 1 N–H and O–H groups in total. The van der Waals surface area contributed by atoms with E-state index >= 15 is 0 Å². The summed E-state index contributed by atoms with van der Waals surface area (Å²) in [4.78, 5) is 13.2. The van der Waals surface area contributed by atoms with Crippen LogP contribution in [0.5, 0.6) is 0 Å². The minimum Gasteiger partial charge on any atom is -0.381 e. The molecule has 1 saturated heterocycles. The molecule has 1 unspecified atom stereocenters. The van der Waals surface area contributed by atoms with Gasteiger partial charge in [0.1, 0.15) is 10.7 Å². The fourth-order valence-corrected chi connectivity index (χ4v) is 3.56. The van der Waals surface area contributed by atoms with Gasteiger partial charge in [0.05, 0.1) is 12.3 Å². The minimum atomic E-state index is -3.79. The number of amides is 2. The first-order chi connectivity index (χ1) is 10.8. The van der Waals surface area contributed by atoms with Crippen LogP contribution in [0.4, 0.5) is 14.9 Å². The zero-order valence-electron chi connectivity index (χ0n) is 13.2. The average molecular weight is 344 g/mol. The average Bonchev–Trinajstić information content (AvgIpc) is 2.46. The Bertz CT molecular complexity index is 672. The molecule has 2 rings (SSSR count). The molecule has 8 heteroatoms. The van der Waals surface area contributed by atoms with Crippen molar-refractivity contribution in [2.45, 2.75) is 17.7 Å². The maximum atomic E-state index is 13.8. The number of halogens is 1. The largest absolute Gasteiger partial charge is 0.381 e. The van der Waals surface area contributed by atoms with Gasteiger partial charge in [-0.3, -0.25) is 0 Å². The quantitative estimate of drug-likeness (QED) is 0.908. The van der Waals surface area contributed by atoms with Gasteiger partial charge in [0.25, 0.3) is 0 Å². The van der Waals surface area contributed by atoms with Gasteiger partial charge in [-0.25, -0.2) is 17.6 Å². The summed E-state index contributed by atoms with van der Waals surface area (Å²) in [7, 11) is -2.18. The number of benzene rings is 1. The Morgan fingerprint density at radius 3 is 2.83 bits per heavy atom. The Morgan fingerprint density at radius 1 is 1.48 bits per heavy atom. The molecule has 0 aromatic heterocycles. The highest BCUT2D eigenvalue weighted by atomic mass is 32.2. The van der Waals surface area contributed by atoms with Crippen molar-refractivity contribution >= 4 is 21.6 Å². The van der Waals surface area contributed by atoms with E-state index in [0.717, 1.165) is 31.8 Å². The number of hydrogen-bond acceptors (Lipinski definition) is 4. The number of anilines is 1. The predicted molar refractivity (Wildman–Crippen MR) is 84.7 cm³/mol. The second kappa shape index (κ2) is 7.27. The molecule has 23 heavy (non-hydrogen) atoms. The highest BCUT2D eigenvalue weighted by Gasteiger charge is 2.23. The van der Waals surface area contributed by atoms with Crippen molar-refractivity contribution in [3.05, 3.63) is 24.0 Å². The number of hydrogen-bond donors (Lipinski definition) is 1. The van der Waals surface area contributed by atoms with E-state index in [9.17, 15) is 17.6 Å². The number of carbonyl (C=O) groups excluding carboxylic acids is 1. The Kier molecular flexibility index (Phi) is 5.59. The molecule has 1 aliphatic rings. The first-order valence-electron chi connectivity index (χ1n) is 7.37. The molecule has 1 aliphatic heterocycles. The van der Waals surface area contributed by atoms with Crippen molar-refractivity contribution in [2.75, 3.05) is 38.4 Å². The molecule has 128 valence electrons. The highest BCUT2D eigenvalue weighted by molar-refractivity contribution is 7.90. The molecular formula is C15H21FN2O4S. The SMILES string of the molecule is CN(CC1CCCOC1)C(=O)Nc1cccc(F)c1S(C)(=O)=O. The van der Waals surface area contributed by atoms with Crippen LogP contribution in [0.1, 0.15) is 12.8 Å². The van der Waals surface area contributed by atoms with Crippen LogP contribution in [0, 0.1) is 11.7 Å². The third-order valence-corrected chi connectivity index (χ3v) is 4.87. The van der Waals surface area contributed by atoms with Crippen molar-refractivity contribution < 1.29 is 22.3 Å². The van der Waals surface area contributed by atoms with Gasteiger partial charge in [-0.2, -0.15) is 0 Å². The molecule has 0 radical (unpaired) electrons. The Labute approximate surface area is 135 Å². The molecule has 0 spiro atoms. The Balaban J connectivity index is 2.09. The van der Waals surface area contributed by atoms with Crippen LogP contribution in [0.2, 0.25) is 0 Å². The topological polar surface area (TPSA) is 75.7 Å². The third-order valence-electron chi connectivity index (χ3n) is 3.71. The lowest BCUT2D eigenvalue weighted by atomic mass is 10.0. The minimum absolute atomic E-state index is 0.0516. The molecule has 1 atom stereocenters. The lowest BCUT2D eigenvalue weighted by Gasteiger charge is -2.27. The van der Waals surface area contributed by atoms with Gasteiger partial charge in [0, 0.05) is 32.4 Å². The van der Waals surface area contributed by atoms with E-state index in [1.54, 1.807) is 7.05 Å². The molecule has 1 aromatic carbocycles. The zero-order valence-corrected chi connectivity index (χ0v) is 14.0. The van der Waals surface area contributed by atoms with Gasteiger partial charge in [0.15, 0.2) is 9.84 Å². The van der Waals surface area contributed by atoms with E-state index in [2.05, 4.69) is 5.32 Å². The number of rotatable bonds is 4. The van der Waals surface area contributed by atoms with Gasteiger partial charge in [0.2, 0.25) is 0 Å². The van der Waals surface area contributed by atoms with Crippen molar-refractivity contribution in [2.24, 2.45) is 5.92 Å². The summed E-state index contributed by atoms with van der Waals surface area (Å²) in [5.41, 5.74) is -0.0516. The molecule has 0 saturated carbocycles. The van der Waals surface area contributed by atoms with Crippen LogP contribution in [-0.2, 0) is 14.6 Å². The summed E-state index contributed by atoms with van der Waals surface area (Å²) in [6.45, 7) is 1.84. The lowest BCUT2D eigenvalue weighted by molar-refractivity contribution is 0.0464. The van der Waals surface area contributed by atoms with Crippen LogP contribution in [0.3, 0.4) is 0 Å². The standard InChI is InChI=1S/C15H21FN2O4S/c1-18(9-11-5-4-8-22-10-11)15(19)17-13-7-3-6-12(16)14(13)23(2,20)21/h3,6-7,11H,4-5,8-10H2,1-2H3,(H,17,19). The monoisotopic (exact) mass is 344 g/mol. The maximum Gasteiger partial charge on any atom is 0.321 e. The second-order valence-electron chi connectivity index (χ2n) is 5.78. The smallest absolute Gasteiger partial charge is 0.321 e. The molecule has 2 amide bonds. The van der Waals surface area contributed by atoms with E-state index in [1.807, 2.05) is 0 Å². The molecule has 0 bridgehead atoms. The second-order valence-corrected chi connectivity index (χ2v) is 7.74. The van der Waals surface area contributed by atoms with E-state index in [-0.39, 0.29) is 11.6 Å². The fourth-order valence-electron chi connectivity index (χ4n) is 2.62. The van der Waals surface area contributed by atoms with Gasteiger partial charge in [-0.05, 0) is 25.0 Å². The number of ether oxygens (including phenoxy) is 1. The van der Waals surface area contributed by atoms with E-state index in [4.69, 9.17) is 4.74 Å². The van der Waals surface area contributed by atoms with Crippen molar-refractivity contribution in [3.8, 4) is 0 Å². The van der Waals surface area contributed by atoms with Crippen LogP contribution in [0.15, 0.2) is 23.1 Å². The Morgan fingerprint density at radius 2 is 2.22 bits per heavy atom. The van der Waals surface area contributed by atoms with Gasteiger partial charge >= 0.3 is 6.03 Å². The summed E-state index contributed by atoms with van der Waals surface area (Å²) in [5.74, 6) is -0.630. The lowest BCUT2D eigenvalue weighted by Crippen LogP contribution is -2.37. The number of urea groups is 1. The van der Waals surface area contributed by atoms with Crippen LogP contribution in [-0.4, -0.2) is 52.4 Å². The summed E-state index contributed by atoms with van der Waals surface area (Å²) >= 11 is 0. The number of carbonyl (C=O) groups is 1. The van der Waals surface area contributed by atoms with E-state index in [0.29, 0.717) is 13.2 Å². The summed E-state index contributed by atoms with van der Waals surface area (Å²) < 4.78 is 42.6. The van der Waals surface area contributed by atoms with E-state index < -0.39 is 26.6 Å². The zero-order chi connectivity index (χ0) is 17.0. The Hall–Kier alpha value is -1.67. The van der Waals surface area contributed by atoms with Crippen LogP contribution < -0.4 is 5.32 Å². The molecule has 6 nitrogen and oxygen atoms in total. The molecule has 1 aromatic rings. The first kappa shape index (κ1) is 17.7. The summed E-state index contributed by atoms with van der Waals surface area (Å²) in [5, 5.41) is 2.47. The normalized spacial score (nSPS) is 18.5. The summed E-state index contributed by atoms with van der Waals surface area (Å²) in [6, 6.07) is 3.30. The number of nitrogens with one attached hydrogen (secondary N) is 1. The fraction of sp³-hybridized carbons (Fsp3) is 0.533. The summed E-state index contributed by atoms with van der Waals surface area (Å²) in [6.07, 6.45) is 2.85. The van der Waals surface area contributed by atoms with Crippen LogP contribution in [0.25, 0.3) is 0 Å². The molecule has 0 aliphatic carbocycles. The van der Waals surface area contributed by atoms with E-state index in [1.165, 1.54) is 17.0 Å². The molecule has 1 heterocycles. The van der Waals surface area contributed by atoms with Gasteiger partial charge in [-0.1, -0.05) is 6.07 Å². The molecular weight excluding hydrogens is 323 g/mol. The number of nitrogens with zero attached hydrogens (tertiary/aromatic N) is 1.